The number of likely N-dealkylation sites (N-methyl/N-ethyl adjacent to an activating group) is 1. The van der Waals surface area contributed by atoms with Crippen LogP contribution in [0.25, 0.3) is 0 Å². The van der Waals surface area contributed by atoms with E-state index in [1.807, 2.05) is 18.2 Å². The number of carbonyl (C=O) groups excluding carboxylic acids is 1. The van der Waals surface area contributed by atoms with Crippen molar-refractivity contribution in [3.05, 3.63) is 29.8 Å². The highest BCUT2D eigenvalue weighted by molar-refractivity contribution is 5.69. The van der Waals surface area contributed by atoms with Crippen LogP contribution in [0, 0.1) is 0 Å². The molecule has 0 spiro atoms. The van der Waals surface area contributed by atoms with Gasteiger partial charge in [0.15, 0.2) is 0 Å². The summed E-state index contributed by atoms with van der Waals surface area (Å²) in [6, 6.07) is 8.17. The number of nitrogens with zero attached hydrogens (tertiary/aromatic N) is 2. The number of hydrogen-bond donors (Lipinski definition) is 0. The van der Waals surface area contributed by atoms with E-state index in [1.54, 1.807) is 0 Å². The van der Waals surface area contributed by atoms with E-state index in [4.69, 9.17) is 4.74 Å². The van der Waals surface area contributed by atoms with Crippen LogP contribution in [-0.4, -0.2) is 49.0 Å². The maximum absolute atomic E-state index is 11.0. The zero-order valence-electron chi connectivity index (χ0n) is 11.9. The second-order valence-electron chi connectivity index (χ2n) is 5.18. The van der Waals surface area contributed by atoms with Crippen LogP contribution >= 0.6 is 0 Å². The Labute approximate surface area is 115 Å². The van der Waals surface area contributed by atoms with Crippen LogP contribution in [0.4, 0.5) is 0 Å². The zero-order chi connectivity index (χ0) is 13.8. The molecule has 0 bridgehead atoms. The fourth-order valence-corrected chi connectivity index (χ4v) is 2.42. The highest BCUT2D eigenvalue weighted by Gasteiger charge is 2.20. The number of benzene rings is 1. The molecule has 0 aliphatic carbocycles. The van der Waals surface area contributed by atoms with Crippen LogP contribution in [0.2, 0.25) is 0 Å². The van der Waals surface area contributed by atoms with E-state index in [2.05, 4.69) is 29.8 Å². The first kappa shape index (κ1) is 14.0. The van der Waals surface area contributed by atoms with Gasteiger partial charge in [-0.05, 0) is 31.7 Å². The van der Waals surface area contributed by atoms with Gasteiger partial charge in [0.1, 0.15) is 5.75 Å². The Morgan fingerprint density at radius 1 is 1.26 bits per heavy atom. The van der Waals surface area contributed by atoms with Gasteiger partial charge >= 0.3 is 5.97 Å². The van der Waals surface area contributed by atoms with Crippen molar-refractivity contribution in [2.24, 2.45) is 0 Å². The molecule has 0 radical (unpaired) electrons. The van der Waals surface area contributed by atoms with Gasteiger partial charge in [-0.25, -0.2) is 0 Å². The lowest BCUT2D eigenvalue weighted by Gasteiger charge is -2.36. The highest BCUT2D eigenvalue weighted by Crippen LogP contribution is 2.24. The number of ether oxygens (including phenoxy) is 1. The van der Waals surface area contributed by atoms with Crippen LogP contribution < -0.4 is 4.74 Å². The number of carbonyl (C=O) groups is 1. The quantitative estimate of drug-likeness (QED) is 0.615. The maximum atomic E-state index is 11.0. The molecule has 104 valence electrons. The Balaban J connectivity index is 2.06. The summed E-state index contributed by atoms with van der Waals surface area (Å²) in [5.41, 5.74) is 1.20. The summed E-state index contributed by atoms with van der Waals surface area (Å²) in [7, 11) is 2.16. The third-order valence-electron chi connectivity index (χ3n) is 3.69. The Morgan fingerprint density at radius 3 is 2.58 bits per heavy atom. The summed E-state index contributed by atoms with van der Waals surface area (Å²) in [6.07, 6.45) is 0. The SMILES string of the molecule is CC(=O)Oc1cccc(C(C)N2CCN(C)CC2)c1. The fraction of sp³-hybridized carbons (Fsp3) is 0.533. The highest BCUT2D eigenvalue weighted by atomic mass is 16.5. The Kier molecular flexibility index (Phi) is 4.56. The second kappa shape index (κ2) is 6.17. The van der Waals surface area contributed by atoms with E-state index in [1.165, 1.54) is 12.5 Å². The first-order valence-electron chi connectivity index (χ1n) is 6.77. The minimum Gasteiger partial charge on any atom is -0.427 e. The Hall–Kier alpha value is -1.39. The van der Waals surface area contributed by atoms with Crippen molar-refractivity contribution in [1.82, 2.24) is 9.80 Å². The minimum atomic E-state index is -0.274. The van der Waals surface area contributed by atoms with Crippen molar-refractivity contribution in [3.8, 4) is 5.75 Å². The van der Waals surface area contributed by atoms with Gasteiger partial charge in [0.25, 0.3) is 0 Å². The molecule has 1 saturated heterocycles. The largest absolute Gasteiger partial charge is 0.427 e. The molecule has 0 aromatic heterocycles. The first-order valence-corrected chi connectivity index (χ1v) is 6.77. The maximum Gasteiger partial charge on any atom is 0.308 e. The summed E-state index contributed by atoms with van der Waals surface area (Å²) in [5, 5.41) is 0. The van der Waals surface area contributed by atoms with E-state index in [9.17, 15) is 4.79 Å². The molecule has 4 nitrogen and oxygen atoms in total. The second-order valence-corrected chi connectivity index (χ2v) is 5.18. The summed E-state index contributed by atoms with van der Waals surface area (Å²) >= 11 is 0. The summed E-state index contributed by atoms with van der Waals surface area (Å²) in [5.74, 6) is 0.357. The predicted octanol–water partition coefficient (Wildman–Crippen LogP) is 1.92. The third-order valence-corrected chi connectivity index (χ3v) is 3.69. The minimum absolute atomic E-state index is 0.274. The molecule has 1 atom stereocenters. The van der Waals surface area contributed by atoms with Gasteiger partial charge in [0.05, 0.1) is 0 Å². The molecule has 1 aliphatic rings. The molecule has 0 amide bonds. The molecular weight excluding hydrogens is 240 g/mol. The molecule has 1 fully saturated rings. The zero-order valence-corrected chi connectivity index (χ0v) is 11.9. The third kappa shape index (κ3) is 3.78. The van der Waals surface area contributed by atoms with E-state index >= 15 is 0 Å². The van der Waals surface area contributed by atoms with Crippen LogP contribution in [0.5, 0.6) is 5.75 Å². The summed E-state index contributed by atoms with van der Waals surface area (Å²) in [6.45, 7) is 8.00. The van der Waals surface area contributed by atoms with Crippen molar-refractivity contribution in [1.29, 1.82) is 0 Å². The molecule has 4 heteroatoms. The molecule has 2 rings (SSSR count). The molecule has 1 unspecified atom stereocenters. The van der Waals surface area contributed by atoms with E-state index in [0.717, 1.165) is 26.2 Å². The summed E-state index contributed by atoms with van der Waals surface area (Å²) < 4.78 is 5.14. The molecule has 1 aliphatic heterocycles. The molecule has 1 heterocycles. The summed E-state index contributed by atoms with van der Waals surface area (Å²) in [4.78, 5) is 15.8. The number of hydrogen-bond acceptors (Lipinski definition) is 4. The fourth-order valence-electron chi connectivity index (χ4n) is 2.42. The van der Waals surface area contributed by atoms with Crippen LogP contribution in [0.3, 0.4) is 0 Å². The van der Waals surface area contributed by atoms with Gasteiger partial charge in [-0.15, -0.1) is 0 Å². The molecule has 1 aromatic carbocycles. The van der Waals surface area contributed by atoms with Gasteiger partial charge in [0, 0.05) is 39.1 Å². The predicted molar refractivity (Wildman–Crippen MR) is 75.2 cm³/mol. The molecule has 0 N–H and O–H groups in total. The van der Waals surface area contributed by atoms with E-state index < -0.39 is 0 Å². The van der Waals surface area contributed by atoms with Gasteiger partial charge in [-0.3, -0.25) is 9.69 Å². The number of esters is 1. The van der Waals surface area contributed by atoms with Crippen LogP contribution in [0.1, 0.15) is 25.5 Å². The average molecular weight is 262 g/mol. The lowest BCUT2D eigenvalue weighted by Crippen LogP contribution is -2.45. The van der Waals surface area contributed by atoms with E-state index in [-0.39, 0.29) is 5.97 Å². The molecule has 1 aromatic rings. The normalized spacial score (nSPS) is 19.1. The van der Waals surface area contributed by atoms with E-state index in [0.29, 0.717) is 11.8 Å². The monoisotopic (exact) mass is 262 g/mol. The Morgan fingerprint density at radius 2 is 1.95 bits per heavy atom. The molecular formula is C15H22N2O2. The van der Waals surface area contributed by atoms with Crippen molar-refractivity contribution >= 4 is 5.97 Å². The van der Waals surface area contributed by atoms with Crippen molar-refractivity contribution in [3.63, 3.8) is 0 Å². The van der Waals surface area contributed by atoms with Crippen molar-refractivity contribution in [2.45, 2.75) is 19.9 Å². The smallest absolute Gasteiger partial charge is 0.308 e. The van der Waals surface area contributed by atoms with Crippen molar-refractivity contribution < 1.29 is 9.53 Å². The van der Waals surface area contributed by atoms with Crippen molar-refractivity contribution in [2.75, 3.05) is 33.2 Å². The number of rotatable bonds is 3. The molecule has 19 heavy (non-hydrogen) atoms. The van der Waals surface area contributed by atoms with Crippen LogP contribution in [-0.2, 0) is 4.79 Å². The average Bonchev–Trinajstić information content (AvgIpc) is 2.38. The van der Waals surface area contributed by atoms with Gasteiger partial charge < -0.3 is 9.64 Å². The van der Waals surface area contributed by atoms with Gasteiger partial charge in [0.2, 0.25) is 0 Å². The standard InChI is InChI=1S/C15H22N2O2/c1-12(17-9-7-16(3)8-10-17)14-5-4-6-15(11-14)19-13(2)18/h4-6,11-12H,7-10H2,1-3H3. The first-order chi connectivity index (χ1) is 9.06. The molecule has 0 saturated carbocycles. The lowest BCUT2D eigenvalue weighted by molar-refractivity contribution is -0.131. The lowest BCUT2D eigenvalue weighted by atomic mass is 10.1. The van der Waals surface area contributed by atoms with Gasteiger partial charge in [-0.1, -0.05) is 12.1 Å². The number of piperazine rings is 1. The van der Waals surface area contributed by atoms with Crippen LogP contribution in [0.15, 0.2) is 24.3 Å². The topological polar surface area (TPSA) is 32.8 Å². The van der Waals surface area contributed by atoms with Gasteiger partial charge in [-0.2, -0.15) is 0 Å². The Bertz CT molecular complexity index is 440.